The van der Waals surface area contributed by atoms with Gasteiger partial charge in [0.1, 0.15) is 0 Å². The van der Waals surface area contributed by atoms with E-state index in [1.807, 2.05) is 44.4 Å². The van der Waals surface area contributed by atoms with Crippen molar-refractivity contribution >= 4 is 21.7 Å². The summed E-state index contributed by atoms with van der Waals surface area (Å²) in [6.07, 6.45) is 5.72. The number of aromatic nitrogens is 2. The van der Waals surface area contributed by atoms with E-state index in [1.54, 1.807) is 6.26 Å². The lowest BCUT2D eigenvalue weighted by molar-refractivity contribution is 0.687. The summed E-state index contributed by atoms with van der Waals surface area (Å²) in [5, 5.41) is 1.20. The molecule has 3 rings (SSSR count). The first-order valence-electron chi connectivity index (χ1n) is 6.42. The van der Waals surface area contributed by atoms with Gasteiger partial charge in [0.05, 0.1) is 11.7 Å². The van der Waals surface area contributed by atoms with Crippen molar-refractivity contribution in [2.45, 2.75) is 11.8 Å². The summed E-state index contributed by atoms with van der Waals surface area (Å²) < 4.78 is 13.5. The van der Waals surface area contributed by atoms with Crippen molar-refractivity contribution in [2.24, 2.45) is 7.05 Å². The third-order valence-corrected chi connectivity index (χ3v) is 4.45. The van der Waals surface area contributed by atoms with Crippen LogP contribution in [0.5, 0.6) is 0 Å². The summed E-state index contributed by atoms with van der Waals surface area (Å²) in [6, 6.07) is 10.0. The molecule has 0 aliphatic carbocycles. The average Bonchev–Trinajstić information content (AvgIpc) is 2.75. The summed E-state index contributed by atoms with van der Waals surface area (Å²) in [6.45, 7) is 2.00. The van der Waals surface area contributed by atoms with Crippen LogP contribution in [0.1, 0.15) is 5.69 Å². The van der Waals surface area contributed by atoms with Gasteiger partial charge in [-0.1, -0.05) is 12.1 Å². The predicted molar refractivity (Wildman–Crippen MR) is 83.2 cm³/mol. The third kappa shape index (κ3) is 2.16. The highest BCUT2D eigenvalue weighted by atomic mass is 32.2. The summed E-state index contributed by atoms with van der Waals surface area (Å²) in [5.74, 6) is 0. The van der Waals surface area contributed by atoms with Gasteiger partial charge in [-0.25, -0.2) is 0 Å². The summed E-state index contributed by atoms with van der Waals surface area (Å²) >= 11 is 0. The van der Waals surface area contributed by atoms with Crippen LogP contribution in [0.2, 0.25) is 0 Å². The second-order valence-electron chi connectivity index (χ2n) is 4.98. The standard InChI is InChI=1S/C16H16N2OS/c1-11-8-14-15(10-18(2)16(14)9-17-11)12-4-6-13(7-5-12)20(3)19/h4-10H,1-3H3. The molecule has 0 aliphatic heterocycles. The Morgan fingerprint density at radius 3 is 2.55 bits per heavy atom. The highest BCUT2D eigenvalue weighted by molar-refractivity contribution is 7.84. The van der Waals surface area contributed by atoms with Gasteiger partial charge in [0, 0.05) is 51.8 Å². The zero-order valence-electron chi connectivity index (χ0n) is 11.8. The summed E-state index contributed by atoms with van der Waals surface area (Å²) in [4.78, 5) is 5.20. The molecule has 0 saturated carbocycles. The first-order chi connectivity index (χ1) is 9.56. The fourth-order valence-corrected chi connectivity index (χ4v) is 2.96. The lowest BCUT2D eigenvalue weighted by Crippen LogP contribution is -1.86. The summed E-state index contributed by atoms with van der Waals surface area (Å²) in [7, 11) is 1.09. The van der Waals surface area contributed by atoms with E-state index in [9.17, 15) is 4.21 Å². The van der Waals surface area contributed by atoms with E-state index in [2.05, 4.69) is 21.8 Å². The SMILES string of the molecule is Cc1cc2c(-c3ccc(S(C)=O)cc3)cn(C)c2cn1. The molecule has 2 aromatic heterocycles. The maximum Gasteiger partial charge on any atom is 0.0670 e. The quantitative estimate of drug-likeness (QED) is 0.724. The Hall–Kier alpha value is -1.94. The molecule has 1 atom stereocenters. The Balaban J connectivity index is 2.18. The molecule has 0 amide bonds. The Morgan fingerprint density at radius 2 is 1.90 bits per heavy atom. The average molecular weight is 284 g/mol. The lowest BCUT2D eigenvalue weighted by atomic mass is 10.1. The van der Waals surface area contributed by atoms with Gasteiger partial charge in [0.15, 0.2) is 0 Å². The second kappa shape index (κ2) is 4.87. The van der Waals surface area contributed by atoms with E-state index in [-0.39, 0.29) is 0 Å². The van der Waals surface area contributed by atoms with Gasteiger partial charge < -0.3 is 4.57 Å². The number of fused-ring (bicyclic) bond motifs is 1. The molecule has 3 nitrogen and oxygen atoms in total. The van der Waals surface area contributed by atoms with Crippen LogP contribution in [0.25, 0.3) is 22.0 Å². The molecule has 1 unspecified atom stereocenters. The molecule has 0 saturated heterocycles. The van der Waals surface area contributed by atoms with Crippen LogP contribution in [0.15, 0.2) is 47.6 Å². The Morgan fingerprint density at radius 1 is 1.20 bits per heavy atom. The zero-order chi connectivity index (χ0) is 14.3. The molecule has 0 bridgehead atoms. The smallest absolute Gasteiger partial charge is 0.0670 e. The molecule has 0 N–H and O–H groups in total. The molecular formula is C16H16N2OS. The lowest BCUT2D eigenvalue weighted by Gasteiger charge is -2.02. The van der Waals surface area contributed by atoms with E-state index < -0.39 is 10.8 Å². The van der Waals surface area contributed by atoms with Gasteiger partial charge in [-0.3, -0.25) is 9.19 Å². The van der Waals surface area contributed by atoms with Crippen molar-refractivity contribution in [1.82, 2.24) is 9.55 Å². The molecule has 0 spiro atoms. The molecule has 0 aliphatic rings. The number of pyridine rings is 1. The number of benzene rings is 1. The van der Waals surface area contributed by atoms with Crippen molar-refractivity contribution < 1.29 is 4.21 Å². The molecular weight excluding hydrogens is 268 g/mol. The second-order valence-corrected chi connectivity index (χ2v) is 6.35. The van der Waals surface area contributed by atoms with Gasteiger partial charge in [-0.15, -0.1) is 0 Å². The Bertz CT molecular complexity index is 803. The van der Waals surface area contributed by atoms with Gasteiger partial charge >= 0.3 is 0 Å². The number of rotatable bonds is 2. The van der Waals surface area contributed by atoms with Crippen LogP contribution in [-0.4, -0.2) is 20.0 Å². The number of nitrogens with zero attached hydrogens (tertiary/aromatic N) is 2. The van der Waals surface area contributed by atoms with Crippen molar-refractivity contribution in [1.29, 1.82) is 0 Å². The summed E-state index contributed by atoms with van der Waals surface area (Å²) in [5.41, 5.74) is 4.45. The zero-order valence-corrected chi connectivity index (χ0v) is 12.6. The predicted octanol–water partition coefficient (Wildman–Crippen LogP) is 3.29. The fraction of sp³-hybridized carbons (Fsp3) is 0.188. The number of hydrogen-bond donors (Lipinski definition) is 0. The maximum absolute atomic E-state index is 11.5. The normalized spacial score (nSPS) is 12.8. The number of hydrogen-bond acceptors (Lipinski definition) is 2. The molecule has 2 heterocycles. The fourth-order valence-electron chi connectivity index (χ4n) is 2.44. The topological polar surface area (TPSA) is 34.9 Å². The van der Waals surface area contributed by atoms with Crippen LogP contribution >= 0.6 is 0 Å². The van der Waals surface area contributed by atoms with E-state index in [0.29, 0.717) is 0 Å². The van der Waals surface area contributed by atoms with Crippen LogP contribution < -0.4 is 0 Å². The van der Waals surface area contributed by atoms with Crippen molar-refractivity contribution in [3.05, 3.63) is 48.4 Å². The maximum atomic E-state index is 11.5. The largest absolute Gasteiger partial charge is 0.349 e. The molecule has 0 fully saturated rings. The Labute approximate surface area is 120 Å². The molecule has 20 heavy (non-hydrogen) atoms. The monoisotopic (exact) mass is 284 g/mol. The van der Waals surface area contributed by atoms with Crippen LogP contribution in [0.4, 0.5) is 0 Å². The molecule has 1 aromatic carbocycles. The van der Waals surface area contributed by atoms with E-state index in [0.717, 1.165) is 21.7 Å². The van der Waals surface area contributed by atoms with Crippen LogP contribution in [0, 0.1) is 6.92 Å². The molecule has 102 valence electrons. The molecule has 4 heteroatoms. The minimum Gasteiger partial charge on any atom is -0.349 e. The van der Waals surface area contributed by atoms with Crippen molar-refractivity contribution in [3.63, 3.8) is 0 Å². The highest BCUT2D eigenvalue weighted by Crippen LogP contribution is 2.30. The minimum absolute atomic E-state index is 0.854. The van der Waals surface area contributed by atoms with Gasteiger partial charge in [0.2, 0.25) is 0 Å². The molecule has 3 aromatic rings. The van der Waals surface area contributed by atoms with Crippen LogP contribution in [0.3, 0.4) is 0 Å². The van der Waals surface area contributed by atoms with E-state index >= 15 is 0 Å². The molecule has 0 radical (unpaired) electrons. The van der Waals surface area contributed by atoms with Crippen molar-refractivity contribution in [2.75, 3.05) is 6.26 Å². The third-order valence-electron chi connectivity index (χ3n) is 3.51. The number of aryl methyl sites for hydroxylation is 2. The highest BCUT2D eigenvalue weighted by Gasteiger charge is 2.09. The van der Waals surface area contributed by atoms with E-state index in [4.69, 9.17) is 0 Å². The van der Waals surface area contributed by atoms with Crippen molar-refractivity contribution in [3.8, 4) is 11.1 Å². The van der Waals surface area contributed by atoms with Gasteiger partial charge in [-0.05, 0) is 30.7 Å². The first-order valence-corrected chi connectivity index (χ1v) is 7.97. The minimum atomic E-state index is -0.934. The first kappa shape index (κ1) is 13.1. The Kier molecular flexibility index (Phi) is 3.18. The van der Waals surface area contributed by atoms with Gasteiger partial charge in [-0.2, -0.15) is 0 Å². The van der Waals surface area contributed by atoms with Gasteiger partial charge in [0.25, 0.3) is 0 Å². The van der Waals surface area contributed by atoms with E-state index in [1.165, 1.54) is 10.9 Å². The van der Waals surface area contributed by atoms with Crippen LogP contribution in [-0.2, 0) is 17.8 Å².